The summed E-state index contributed by atoms with van der Waals surface area (Å²) in [4.78, 5) is 0. The molecule has 0 atom stereocenters. The Morgan fingerprint density at radius 3 is 2.64 bits per heavy atom. The molecule has 0 aromatic carbocycles. The Bertz CT molecular complexity index is 187. The highest BCUT2D eigenvalue weighted by molar-refractivity contribution is 5.79. The van der Waals surface area contributed by atoms with Crippen LogP contribution in [0.1, 0.15) is 39.0 Å². The lowest BCUT2D eigenvalue weighted by atomic mass is 9.89. The van der Waals surface area contributed by atoms with E-state index in [4.69, 9.17) is 15.7 Å². The number of hydrogen-bond acceptors (Lipinski definition) is 3. The van der Waals surface area contributed by atoms with Gasteiger partial charge in [0.1, 0.15) is 5.84 Å². The van der Waals surface area contributed by atoms with Gasteiger partial charge in [-0.25, -0.2) is 0 Å². The zero-order valence-corrected chi connectivity index (χ0v) is 8.78. The summed E-state index contributed by atoms with van der Waals surface area (Å²) >= 11 is 0. The first-order valence-electron chi connectivity index (χ1n) is 5.30. The van der Waals surface area contributed by atoms with Gasteiger partial charge < -0.3 is 15.7 Å². The third kappa shape index (κ3) is 3.96. The van der Waals surface area contributed by atoms with Crippen molar-refractivity contribution in [1.82, 2.24) is 0 Å². The van der Waals surface area contributed by atoms with E-state index in [0.29, 0.717) is 19.1 Å². The summed E-state index contributed by atoms with van der Waals surface area (Å²) in [7, 11) is 0. The van der Waals surface area contributed by atoms with Crippen LogP contribution in [0.4, 0.5) is 0 Å². The quantitative estimate of drug-likeness (QED) is 0.314. The van der Waals surface area contributed by atoms with E-state index in [1.54, 1.807) is 0 Å². The van der Waals surface area contributed by atoms with Crippen molar-refractivity contribution in [2.75, 3.05) is 6.61 Å². The van der Waals surface area contributed by atoms with Crippen molar-refractivity contribution in [2.45, 2.75) is 45.1 Å². The zero-order chi connectivity index (χ0) is 10.4. The molecule has 1 aliphatic rings. The van der Waals surface area contributed by atoms with Crippen molar-refractivity contribution in [2.24, 2.45) is 16.8 Å². The van der Waals surface area contributed by atoms with Crippen LogP contribution in [-0.4, -0.2) is 23.8 Å². The van der Waals surface area contributed by atoms with E-state index < -0.39 is 0 Å². The van der Waals surface area contributed by atoms with E-state index >= 15 is 0 Å². The minimum absolute atomic E-state index is 0.245. The summed E-state index contributed by atoms with van der Waals surface area (Å²) in [5, 5.41) is 11.2. The van der Waals surface area contributed by atoms with Gasteiger partial charge in [0, 0.05) is 6.42 Å². The molecule has 3 N–H and O–H groups in total. The van der Waals surface area contributed by atoms with Crippen LogP contribution >= 0.6 is 0 Å². The van der Waals surface area contributed by atoms with Crippen molar-refractivity contribution < 1.29 is 9.94 Å². The van der Waals surface area contributed by atoms with Crippen molar-refractivity contribution >= 4 is 5.84 Å². The average Bonchev–Trinajstić information content (AvgIpc) is 2.21. The van der Waals surface area contributed by atoms with Crippen LogP contribution in [0.15, 0.2) is 5.16 Å². The monoisotopic (exact) mass is 200 g/mol. The molecule has 82 valence electrons. The zero-order valence-electron chi connectivity index (χ0n) is 8.78. The predicted octanol–water partition coefficient (Wildman–Crippen LogP) is 1.72. The molecule has 1 aliphatic carbocycles. The molecule has 0 heterocycles. The first kappa shape index (κ1) is 11.3. The van der Waals surface area contributed by atoms with Crippen LogP contribution in [-0.2, 0) is 4.74 Å². The van der Waals surface area contributed by atoms with Gasteiger partial charge in [-0.05, 0) is 31.6 Å². The van der Waals surface area contributed by atoms with E-state index in [-0.39, 0.29) is 5.84 Å². The molecular weight excluding hydrogens is 180 g/mol. The largest absolute Gasteiger partial charge is 0.409 e. The Morgan fingerprint density at radius 2 is 2.07 bits per heavy atom. The number of ether oxygens (including phenoxy) is 1. The van der Waals surface area contributed by atoms with Crippen molar-refractivity contribution in [1.29, 1.82) is 0 Å². The number of oxime groups is 1. The number of nitrogens with two attached hydrogens (primary N) is 1. The Morgan fingerprint density at radius 1 is 1.43 bits per heavy atom. The molecule has 1 fully saturated rings. The van der Waals surface area contributed by atoms with Crippen LogP contribution in [0.2, 0.25) is 0 Å². The Balaban J connectivity index is 2.07. The topological polar surface area (TPSA) is 67.8 Å². The van der Waals surface area contributed by atoms with Crippen LogP contribution in [0, 0.1) is 5.92 Å². The molecule has 0 amide bonds. The molecule has 4 nitrogen and oxygen atoms in total. The fraction of sp³-hybridized carbons (Fsp3) is 0.900. The lowest BCUT2D eigenvalue weighted by Gasteiger charge is -2.26. The fourth-order valence-electron chi connectivity index (χ4n) is 1.78. The summed E-state index contributed by atoms with van der Waals surface area (Å²) in [6.45, 7) is 2.85. The highest BCUT2D eigenvalue weighted by atomic mass is 16.5. The summed E-state index contributed by atoms with van der Waals surface area (Å²) in [5.74, 6) is 1.09. The lowest BCUT2D eigenvalue weighted by Crippen LogP contribution is -2.23. The minimum Gasteiger partial charge on any atom is -0.409 e. The molecule has 0 radical (unpaired) electrons. The van der Waals surface area contributed by atoms with E-state index in [0.717, 1.165) is 18.8 Å². The van der Waals surface area contributed by atoms with E-state index in [1.165, 1.54) is 12.8 Å². The van der Waals surface area contributed by atoms with Gasteiger partial charge in [-0.1, -0.05) is 12.1 Å². The maximum Gasteiger partial charge on any atom is 0.141 e. The third-order valence-electron chi connectivity index (χ3n) is 2.80. The Kier molecular flexibility index (Phi) is 4.73. The summed E-state index contributed by atoms with van der Waals surface area (Å²) in [6, 6.07) is 0. The van der Waals surface area contributed by atoms with Gasteiger partial charge in [0.25, 0.3) is 0 Å². The van der Waals surface area contributed by atoms with E-state index in [9.17, 15) is 0 Å². The molecule has 4 heteroatoms. The van der Waals surface area contributed by atoms with E-state index in [1.807, 2.05) is 0 Å². The molecule has 0 saturated heterocycles. The van der Waals surface area contributed by atoms with Gasteiger partial charge in [-0.15, -0.1) is 0 Å². The fourth-order valence-corrected chi connectivity index (χ4v) is 1.78. The summed E-state index contributed by atoms with van der Waals surface area (Å²) in [5.41, 5.74) is 5.33. The van der Waals surface area contributed by atoms with Gasteiger partial charge in [0.15, 0.2) is 0 Å². The maximum absolute atomic E-state index is 8.31. The first-order valence-corrected chi connectivity index (χ1v) is 5.30. The number of hydrogen-bond donors (Lipinski definition) is 2. The van der Waals surface area contributed by atoms with Crippen LogP contribution < -0.4 is 5.73 Å². The SMILES string of the molecule is CC1CCC(OCC/C(N)=N/O)CC1. The second-order valence-corrected chi connectivity index (χ2v) is 4.09. The van der Waals surface area contributed by atoms with Gasteiger partial charge in [0.05, 0.1) is 12.7 Å². The van der Waals surface area contributed by atoms with Gasteiger partial charge in [-0.2, -0.15) is 0 Å². The van der Waals surface area contributed by atoms with Crippen molar-refractivity contribution in [3.8, 4) is 0 Å². The van der Waals surface area contributed by atoms with Crippen LogP contribution in [0.5, 0.6) is 0 Å². The van der Waals surface area contributed by atoms with Gasteiger partial charge >= 0.3 is 0 Å². The normalized spacial score (nSPS) is 29.1. The molecule has 0 aromatic rings. The number of nitrogens with zero attached hydrogens (tertiary/aromatic N) is 1. The second-order valence-electron chi connectivity index (χ2n) is 4.09. The van der Waals surface area contributed by atoms with Gasteiger partial charge in [0.2, 0.25) is 0 Å². The third-order valence-corrected chi connectivity index (χ3v) is 2.80. The molecule has 0 bridgehead atoms. The Labute approximate surface area is 85.1 Å². The van der Waals surface area contributed by atoms with Crippen molar-refractivity contribution in [3.05, 3.63) is 0 Å². The smallest absolute Gasteiger partial charge is 0.141 e. The maximum atomic E-state index is 8.31. The average molecular weight is 200 g/mol. The van der Waals surface area contributed by atoms with Crippen LogP contribution in [0.3, 0.4) is 0 Å². The summed E-state index contributed by atoms with van der Waals surface area (Å²) < 4.78 is 5.63. The standard InChI is InChI=1S/C10H20N2O2/c1-8-2-4-9(5-3-8)14-7-6-10(11)12-13/h8-9,13H,2-7H2,1H3,(H2,11,12). The molecule has 1 rings (SSSR count). The molecule has 14 heavy (non-hydrogen) atoms. The summed E-state index contributed by atoms with van der Waals surface area (Å²) in [6.07, 6.45) is 5.72. The molecule has 1 saturated carbocycles. The van der Waals surface area contributed by atoms with Crippen molar-refractivity contribution in [3.63, 3.8) is 0 Å². The first-order chi connectivity index (χ1) is 6.72. The molecule has 0 aromatic heterocycles. The predicted molar refractivity (Wildman–Crippen MR) is 55.4 cm³/mol. The number of amidine groups is 1. The molecular formula is C10H20N2O2. The Hall–Kier alpha value is -0.770. The highest BCUT2D eigenvalue weighted by Crippen LogP contribution is 2.25. The molecule has 0 aliphatic heterocycles. The van der Waals surface area contributed by atoms with E-state index in [2.05, 4.69) is 12.1 Å². The number of rotatable bonds is 4. The minimum atomic E-state index is 0.245. The molecule has 0 spiro atoms. The van der Waals surface area contributed by atoms with Gasteiger partial charge in [-0.3, -0.25) is 0 Å². The molecule has 0 unspecified atom stereocenters. The van der Waals surface area contributed by atoms with Crippen LogP contribution in [0.25, 0.3) is 0 Å². The second kappa shape index (κ2) is 5.86. The lowest BCUT2D eigenvalue weighted by molar-refractivity contribution is 0.0235. The highest BCUT2D eigenvalue weighted by Gasteiger charge is 2.18.